The van der Waals surface area contributed by atoms with Gasteiger partial charge in [0.2, 0.25) is 0 Å². The highest BCUT2D eigenvalue weighted by molar-refractivity contribution is 5.61. The van der Waals surface area contributed by atoms with Gasteiger partial charge >= 0.3 is 0 Å². The van der Waals surface area contributed by atoms with Crippen LogP contribution in [0.2, 0.25) is 0 Å². The highest BCUT2D eigenvalue weighted by Crippen LogP contribution is 2.30. The lowest BCUT2D eigenvalue weighted by Crippen LogP contribution is -2.34. The molecule has 132 valence electrons. The number of rotatable bonds is 5. The first-order chi connectivity index (χ1) is 12.3. The van der Waals surface area contributed by atoms with Crippen LogP contribution in [0.3, 0.4) is 0 Å². The fourth-order valence-corrected chi connectivity index (χ4v) is 3.93. The minimum absolute atomic E-state index is 0.201. The van der Waals surface area contributed by atoms with Crippen molar-refractivity contribution in [2.45, 2.75) is 38.3 Å². The monoisotopic (exact) mass is 338 g/mol. The van der Waals surface area contributed by atoms with Crippen LogP contribution in [0.15, 0.2) is 30.3 Å². The van der Waals surface area contributed by atoms with E-state index >= 15 is 0 Å². The lowest BCUT2D eigenvalue weighted by atomic mass is 10.1. The zero-order valence-electron chi connectivity index (χ0n) is 15.0. The van der Waals surface area contributed by atoms with Crippen LogP contribution < -0.4 is 5.32 Å². The number of likely N-dealkylation sites (N-methyl/N-ethyl adjacent to an activating group) is 1. The maximum atomic E-state index is 5.71. The predicted octanol–water partition coefficient (Wildman–Crippen LogP) is 2.76. The van der Waals surface area contributed by atoms with Crippen LogP contribution in [0.1, 0.15) is 24.6 Å². The van der Waals surface area contributed by atoms with Crippen LogP contribution in [0.5, 0.6) is 0 Å². The van der Waals surface area contributed by atoms with E-state index in [0.717, 1.165) is 56.1 Å². The number of aryl methyl sites for hydroxylation is 1. The molecule has 1 aliphatic carbocycles. The van der Waals surface area contributed by atoms with E-state index in [2.05, 4.69) is 29.3 Å². The molecule has 4 rings (SSSR count). The maximum absolute atomic E-state index is 5.71. The number of benzene rings is 1. The normalized spacial score (nSPS) is 23.0. The molecule has 1 aromatic heterocycles. The smallest absolute Gasteiger partial charge is 0.161 e. The fraction of sp³-hybridized carbons (Fsp3) is 0.500. The second-order valence-electron chi connectivity index (χ2n) is 6.92. The highest BCUT2D eigenvalue weighted by Gasteiger charge is 2.33. The minimum Gasteiger partial charge on any atom is -0.378 e. The molecule has 2 atom stereocenters. The lowest BCUT2D eigenvalue weighted by Gasteiger charge is -2.21. The van der Waals surface area contributed by atoms with Gasteiger partial charge in [-0.05, 0) is 25.8 Å². The Morgan fingerprint density at radius 2 is 2.00 bits per heavy atom. The minimum atomic E-state index is 0.201. The SMILES string of the molecule is CCN1C[C@H](Nc2nc(-c3ccccc3)nc3c2CCC3)[C@@H](OC)C1. The Bertz CT molecular complexity index is 734. The van der Waals surface area contributed by atoms with Gasteiger partial charge < -0.3 is 10.1 Å². The molecule has 0 amide bonds. The van der Waals surface area contributed by atoms with Gasteiger partial charge in [-0.25, -0.2) is 9.97 Å². The first kappa shape index (κ1) is 16.5. The topological polar surface area (TPSA) is 50.3 Å². The van der Waals surface area contributed by atoms with Crippen LogP contribution in [0.25, 0.3) is 11.4 Å². The summed E-state index contributed by atoms with van der Waals surface area (Å²) >= 11 is 0. The van der Waals surface area contributed by atoms with E-state index in [-0.39, 0.29) is 12.1 Å². The number of fused-ring (bicyclic) bond motifs is 1. The van der Waals surface area contributed by atoms with E-state index in [1.165, 1.54) is 11.3 Å². The third-order valence-corrected chi connectivity index (χ3v) is 5.38. The second-order valence-corrected chi connectivity index (χ2v) is 6.92. The molecule has 2 aliphatic rings. The van der Waals surface area contributed by atoms with Crippen molar-refractivity contribution in [3.8, 4) is 11.4 Å². The predicted molar refractivity (Wildman–Crippen MR) is 99.8 cm³/mol. The maximum Gasteiger partial charge on any atom is 0.161 e. The van der Waals surface area contributed by atoms with Crippen molar-refractivity contribution in [1.29, 1.82) is 0 Å². The first-order valence-electron chi connectivity index (χ1n) is 9.25. The number of hydrogen-bond acceptors (Lipinski definition) is 5. The first-order valence-corrected chi connectivity index (χ1v) is 9.25. The van der Waals surface area contributed by atoms with E-state index in [9.17, 15) is 0 Å². The standard InChI is InChI=1S/C20H26N4O/c1-3-24-12-17(18(13-24)25-2)22-20-15-10-7-11-16(15)21-19(23-20)14-8-5-4-6-9-14/h4-6,8-9,17-18H,3,7,10-13H2,1-2H3,(H,21,22,23)/t17-,18-/m0/s1. The summed E-state index contributed by atoms with van der Waals surface area (Å²) in [6.45, 7) is 5.22. The van der Waals surface area contributed by atoms with Gasteiger partial charge in [0.05, 0.1) is 12.1 Å². The molecule has 1 saturated heterocycles. The lowest BCUT2D eigenvalue weighted by molar-refractivity contribution is 0.102. The third kappa shape index (κ3) is 3.26. The van der Waals surface area contributed by atoms with Gasteiger partial charge in [-0.2, -0.15) is 0 Å². The summed E-state index contributed by atoms with van der Waals surface area (Å²) in [5.74, 6) is 1.83. The van der Waals surface area contributed by atoms with Crippen molar-refractivity contribution in [3.05, 3.63) is 41.6 Å². The second kappa shape index (κ2) is 7.10. The van der Waals surface area contributed by atoms with Gasteiger partial charge in [0.25, 0.3) is 0 Å². The Morgan fingerprint density at radius 1 is 1.16 bits per heavy atom. The molecular weight excluding hydrogens is 312 g/mol. The van der Waals surface area contributed by atoms with Crippen molar-refractivity contribution in [2.24, 2.45) is 0 Å². The van der Waals surface area contributed by atoms with Crippen molar-refractivity contribution >= 4 is 5.82 Å². The molecule has 0 unspecified atom stereocenters. The summed E-state index contributed by atoms with van der Waals surface area (Å²) in [6, 6.07) is 10.5. The van der Waals surface area contributed by atoms with Crippen LogP contribution in [0, 0.1) is 0 Å². The molecule has 1 aromatic carbocycles. The molecule has 0 radical (unpaired) electrons. The number of nitrogens with one attached hydrogen (secondary N) is 1. The zero-order valence-corrected chi connectivity index (χ0v) is 15.0. The highest BCUT2D eigenvalue weighted by atomic mass is 16.5. The molecule has 0 spiro atoms. The van der Waals surface area contributed by atoms with Gasteiger partial charge in [0.1, 0.15) is 5.82 Å². The molecule has 2 heterocycles. The van der Waals surface area contributed by atoms with Gasteiger partial charge in [-0.1, -0.05) is 37.3 Å². The van der Waals surface area contributed by atoms with Gasteiger partial charge in [0.15, 0.2) is 5.82 Å². The van der Waals surface area contributed by atoms with Crippen molar-refractivity contribution in [2.75, 3.05) is 32.1 Å². The summed E-state index contributed by atoms with van der Waals surface area (Å²) in [5, 5.41) is 3.70. The molecule has 0 saturated carbocycles. The van der Waals surface area contributed by atoms with E-state index in [4.69, 9.17) is 14.7 Å². The molecule has 2 aromatic rings. The van der Waals surface area contributed by atoms with Crippen LogP contribution >= 0.6 is 0 Å². The number of methoxy groups -OCH3 is 1. The fourth-order valence-electron chi connectivity index (χ4n) is 3.93. The van der Waals surface area contributed by atoms with Gasteiger partial charge in [-0.3, -0.25) is 4.90 Å². The summed E-state index contributed by atoms with van der Waals surface area (Å²) in [5.41, 5.74) is 3.57. The van der Waals surface area contributed by atoms with Gasteiger partial charge in [-0.15, -0.1) is 0 Å². The number of nitrogens with zero attached hydrogens (tertiary/aromatic N) is 3. The molecule has 1 N–H and O–H groups in total. The largest absolute Gasteiger partial charge is 0.378 e. The molecule has 5 heteroatoms. The zero-order chi connectivity index (χ0) is 17.2. The molecule has 5 nitrogen and oxygen atoms in total. The summed E-state index contributed by atoms with van der Waals surface area (Å²) < 4.78 is 5.71. The van der Waals surface area contributed by atoms with Crippen LogP contribution in [0.4, 0.5) is 5.82 Å². The van der Waals surface area contributed by atoms with Gasteiger partial charge in [0, 0.05) is 37.0 Å². The summed E-state index contributed by atoms with van der Waals surface area (Å²) in [6.07, 6.45) is 3.48. The van der Waals surface area contributed by atoms with Crippen molar-refractivity contribution in [1.82, 2.24) is 14.9 Å². The number of aromatic nitrogens is 2. The molecule has 1 fully saturated rings. The molecule has 25 heavy (non-hydrogen) atoms. The van der Waals surface area contributed by atoms with E-state index in [1.54, 1.807) is 7.11 Å². The van der Waals surface area contributed by atoms with Crippen molar-refractivity contribution < 1.29 is 4.74 Å². The Morgan fingerprint density at radius 3 is 2.76 bits per heavy atom. The van der Waals surface area contributed by atoms with Crippen LogP contribution in [-0.2, 0) is 17.6 Å². The van der Waals surface area contributed by atoms with E-state index < -0.39 is 0 Å². The Labute approximate surface area is 149 Å². The Kier molecular flexibility index (Phi) is 4.68. The summed E-state index contributed by atoms with van der Waals surface area (Å²) in [7, 11) is 1.80. The number of likely N-dealkylation sites (tertiary alicyclic amines) is 1. The Balaban J connectivity index is 1.66. The summed E-state index contributed by atoms with van der Waals surface area (Å²) in [4.78, 5) is 12.2. The van der Waals surface area contributed by atoms with E-state index in [1.807, 2.05) is 18.2 Å². The number of ether oxygens (including phenoxy) is 1. The Hall–Kier alpha value is -1.98. The number of hydrogen-bond donors (Lipinski definition) is 1. The number of anilines is 1. The average molecular weight is 338 g/mol. The average Bonchev–Trinajstić information content (AvgIpc) is 3.28. The van der Waals surface area contributed by atoms with Crippen molar-refractivity contribution in [3.63, 3.8) is 0 Å². The molecular formula is C20H26N4O. The quantitative estimate of drug-likeness (QED) is 0.908. The third-order valence-electron chi connectivity index (χ3n) is 5.38. The van der Waals surface area contributed by atoms with E-state index in [0.29, 0.717) is 0 Å². The van der Waals surface area contributed by atoms with Crippen LogP contribution in [-0.4, -0.2) is 53.8 Å². The molecule has 0 bridgehead atoms. The molecule has 1 aliphatic heterocycles.